The van der Waals surface area contributed by atoms with Gasteiger partial charge in [0.15, 0.2) is 0 Å². The Morgan fingerprint density at radius 1 is 0.773 bits per heavy atom. The first kappa shape index (κ1) is 29.3. The zero-order valence-corrected chi connectivity index (χ0v) is 12.3. The zero-order valence-electron chi connectivity index (χ0n) is 16.3. The lowest BCUT2D eigenvalue weighted by atomic mass is 10.1. The molecule has 0 saturated heterocycles. The minimum atomic E-state index is -0.255. The predicted octanol–water partition coefficient (Wildman–Crippen LogP) is 4.93. The van der Waals surface area contributed by atoms with Gasteiger partial charge >= 0.3 is 0 Å². The van der Waals surface area contributed by atoms with Gasteiger partial charge in [0.25, 0.3) is 0 Å². The second kappa shape index (κ2) is 32.3. The molecule has 0 fully saturated rings. The minimum absolute atomic E-state index is 0. The van der Waals surface area contributed by atoms with Crippen molar-refractivity contribution in [3.8, 4) is 0 Å². The zero-order chi connectivity index (χ0) is 18.6. The van der Waals surface area contributed by atoms with Crippen molar-refractivity contribution in [1.82, 2.24) is 0 Å². The Bertz CT molecular complexity index is 201. The minimum Gasteiger partial charge on any atom is -0.322 e. The van der Waals surface area contributed by atoms with Crippen LogP contribution in [0.2, 0.25) is 0 Å². The van der Waals surface area contributed by atoms with E-state index < -0.39 is 0 Å². The third kappa shape index (κ3) is 50.7. The maximum absolute atomic E-state index is 9.92. The largest absolute Gasteiger partial charge is 0.322 e. The van der Waals surface area contributed by atoms with Crippen LogP contribution >= 0.6 is 0 Å². The van der Waals surface area contributed by atoms with E-state index in [9.17, 15) is 9.59 Å². The van der Waals surface area contributed by atoms with Crippen molar-refractivity contribution in [3.63, 3.8) is 0 Å². The van der Waals surface area contributed by atoms with E-state index in [1.165, 1.54) is 0 Å². The molecule has 144 valence electrons. The van der Waals surface area contributed by atoms with E-state index in [2.05, 4.69) is 0 Å². The summed E-state index contributed by atoms with van der Waals surface area (Å²) in [4.78, 5) is 19.8. The first-order chi connectivity index (χ1) is 10.2. The topological polar surface area (TPSA) is 86.2 Å². The second-order valence-electron chi connectivity index (χ2n) is 4.86. The van der Waals surface area contributed by atoms with Gasteiger partial charge in [-0.3, -0.25) is 0 Å². The molecule has 0 heterocycles. The average Bonchev–Trinajstić information content (AvgIpc) is 2.39. The lowest BCUT2D eigenvalue weighted by Gasteiger charge is -2.04. The van der Waals surface area contributed by atoms with Crippen LogP contribution in [0.25, 0.3) is 0 Å². The molecule has 0 amide bonds. The molecule has 4 nitrogen and oxygen atoms in total. The molecule has 4 heteroatoms. The van der Waals surface area contributed by atoms with Crippen molar-refractivity contribution in [2.45, 2.75) is 97.1 Å². The van der Waals surface area contributed by atoms with Gasteiger partial charge in [0, 0.05) is 5.48 Å². The van der Waals surface area contributed by atoms with Gasteiger partial charge in [-0.15, -0.1) is 0 Å². The fourth-order valence-electron chi connectivity index (χ4n) is 1.20. The molecular weight excluding hydrogens is 276 g/mol. The van der Waals surface area contributed by atoms with Crippen LogP contribution < -0.4 is 11.5 Å². The van der Waals surface area contributed by atoms with Crippen LogP contribution in [0, 0.1) is 11.8 Å². The summed E-state index contributed by atoms with van der Waals surface area (Å²) < 4.78 is 23.5. The average molecular weight is 335 g/mol. The second-order valence-corrected chi connectivity index (χ2v) is 4.86. The van der Waals surface area contributed by atoms with Crippen molar-refractivity contribution in [1.29, 1.82) is 0 Å². The normalized spacial score (nSPS) is 12.0. The molecule has 0 aliphatic rings. The first-order valence-electron chi connectivity index (χ1n) is 8.58. The Morgan fingerprint density at radius 3 is 1.00 bits per heavy atom. The molecular formula is C18H50N2O2. The quantitative estimate of drug-likeness (QED) is 0.674. The third-order valence-electron chi connectivity index (χ3n) is 1.84. The maximum Gasteiger partial charge on any atom is 0.136 e. The van der Waals surface area contributed by atoms with Crippen LogP contribution in [0.3, 0.4) is 0 Å². The standard InChI is InChI=1S/2C6H13NO.6CH4/c2*1-5(2)3-6(7)4-8;;;;;;/h2*4-6H,3,7H2,1-2H3;6*1H4/t2*6-;;;;;;/m11....../s1/i;;2*1T2;;;;. The van der Waals surface area contributed by atoms with E-state index in [4.69, 9.17) is 17.0 Å². The Hall–Kier alpha value is -0.740. The maximum atomic E-state index is 9.92. The molecule has 0 radical (unpaired) electrons. The molecule has 4 N–H and O–H groups in total. The van der Waals surface area contributed by atoms with E-state index in [0.29, 0.717) is 11.8 Å². The molecule has 0 aromatic carbocycles. The number of rotatable bonds is 6. The van der Waals surface area contributed by atoms with Crippen molar-refractivity contribution in [2.75, 3.05) is 0 Å². The number of carbonyl (C=O) groups excluding carboxylic acids is 2. The van der Waals surface area contributed by atoms with E-state index in [1.807, 2.05) is 27.7 Å². The van der Waals surface area contributed by atoms with E-state index in [0.717, 1.165) is 25.4 Å². The van der Waals surface area contributed by atoms with E-state index in [1.54, 1.807) is 0 Å². The number of nitrogens with two attached hydrogens (primary N) is 2. The number of hydrogen-bond acceptors (Lipinski definition) is 4. The summed E-state index contributed by atoms with van der Waals surface area (Å²) in [6, 6.07) is -0.509. The Morgan fingerprint density at radius 2 is 0.955 bits per heavy atom. The molecule has 0 spiro atoms. The van der Waals surface area contributed by atoms with Crippen LogP contribution in [0.1, 0.15) is 90.5 Å². The van der Waals surface area contributed by atoms with Crippen molar-refractivity contribution < 1.29 is 15.1 Å². The SMILES string of the molecule is C.C.C.C.CC(C)C[C@@H](N)C=O.CC(C)C[C@@H](N)C=O.[3H]C[3H].[3H]C[3H]. The van der Waals surface area contributed by atoms with Crippen LogP contribution in [-0.4, -0.2) is 24.7 Å². The summed E-state index contributed by atoms with van der Waals surface area (Å²) in [5.41, 5.74) is 10.6. The van der Waals surface area contributed by atoms with Crippen LogP contribution in [-0.2, 0) is 9.59 Å². The fraction of sp³-hybridized carbons (Fsp3) is 0.889. The number of aldehydes is 2. The summed E-state index contributed by atoms with van der Waals surface area (Å²) in [5, 5.41) is 0. The first-order valence-corrected chi connectivity index (χ1v) is 5.75. The molecule has 0 aromatic rings. The lowest BCUT2D eigenvalue weighted by molar-refractivity contribution is -0.109. The third-order valence-corrected chi connectivity index (χ3v) is 1.84. The van der Waals surface area contributed by atoms with Crippen molar-refractivity contribution in [2.24, 2.45) is 23.3 Å². The van der Waals surface area contributed by atoms with Crippen LogP contribution in [0.5, 0.6) is 0 Å². The van der Waals surface area contributed by atoms with Gasteiger partial charge in [-0.25, -0.2) is 0 Å². The molecule has 0 saturated carbocycles. The molecule has 0 rings (SSSR count). The monoisotopic (exact) mass is 334 g/mol. The Labute approximate surface area is 149 Å². The van der Waals surface area contributed by atoms with E-state index in [-0.39, 0.29) is 56.5 Å². The van der Waals surface area contributed by atoms with Gasteiger partial charge in [-0.2, -0.15) is 0 Å². The highest BCUT2D eigenvalue weighted by atomic mass is 16.1. The van der Waals surface area contributed by atoms with Gasteiger partial charge in [-0.05, 0) is 24.7 Å². The molecule has 2 atom stereocenters. The van der Waals surface area contributed by atoms with Gasteiger partial charge in [-0.1, -0.05) is 72.2 Å². The highest BCUT2D eigenvalue weighted by Gasteiger charge is 2.01. The summed E-state index contributed by atoms with van der Waals surface area (Å²) >= 11 is 0. The molecule has 0 aliphatic carbocycles. The van der Waals surface area contributed by atoms with E-state index >= 15 is 0 Å². The summed E-state index contributed by atoms with van der Waals surface area (Å²) in [5.74, 6) is 1.05. The summed E-state index contributed by atoms with van der Waals surface area (Å²) in [6.07, 6.45) is 3.17. The smallest absolute Gasteiger partial charge is 0.136 e. The summed E-state index contributed by atoms with van der Waals surface area (Å²) in [7, 11) is -0.500. The highest BCUT2D eigenvalue weighted by molar-refractivity contribution is 5.57. The molecule has 0 aliphatic heterocycles. The molecule has 22 heavy (non-hydrogen) atoms. The van der Waals surface area contributed by atoms with Gasteiger partial charge in [0.1, 0.15) is 12.6 Å². The van der Waals surface area contributed by atoms with Gasteiger partial charge in [0.05, 0.1) is 12.1 Å². The molecule has 0 aromatic heterocycles. The fourth-order valence-corrected chi connectivity index (χ4v) is 1.20. The predicted molar refractivity (Wildman–Crippen MR) is 107 cm³/mol. The number of hydrogen-bond donors (Lipinski definition) is 2. The summed E-state index contributed by atoms with van der Waals surface area (Å²) in [6.45, 7) is 8.18. The Kier molecular flexibility index (Phi) is 43.0. The van der Waals surface area contributed by atoms with Crippen molar-refractivity contribution >= 4 is 12.6 Å². The molecule has 0 unspecified atom stereocenters. The van der Waals surface area contributed by atoms with Gasteiger partial charge < -0.3 is 21.1 Å². The molecule has 0 bridgehead atoms. The highest BCUT2D eigenvalue weighted by Crippen LogP contribution is 2.00. The lowest BCUT2D eigenvalue weighted by Crippen LogP contribution is -2.23. The van der Waals surface area contributed by atoms with Crippen molar-refractivity contribution in [3.05, 3.63) is 0 Å². The van der Waals surface area contributed by atoms with Crippen LogP contribution in [0.15, 0.2) is 0 Å². The number of carbonyl (C=O) groups is 2. The van der Waals surface area contributed by atoms with Gasteiger partial charge in [0.2, 0.25) is 0 Å². The van der Waals surface area contributed by atoms with Crippen LogP contribution in [0.4, 0.5) is 0 Å². The Balaban J connectivity index is -0.0000000286.